The van der Waals surface area contributed by atoms with E-state index in [1.54, 1.807) is 24.3 Å². The first-order valence-corrected chi connectivity index (χ1v) is 8.54. The van der Waals surface area contributed by atoms with E-state index in [4.69, 9.17) is 0 Å². The van der Waals surface area contributed by atoms with Gasteiger partial charge in [0.15, 0.2) is 5.78 Å². The fraction of sp³-hybridized carbons (Fsp3) is 0.250. The molecule has 1 atom stereocenters. The van der Waals surface area contributed by atoms with Crippen LogP contribution in [-0.4, -0.2) is 24.1 Å². The summed E-state index contributed by atoms with van der Waals surface area (Å²) in [4.78, 5) is 37.2. The van der Waals surface area contributed by atoms with E-state index < -0.39 is 29.5 Å². The number of nitrogens with one attached hydrogen (secondary N) is 1. The van der Waals surface area contributed by atoms with Crippen LogP contribution < -0.4 is 10.2 Å². The van der Waals surface area contributed by atoms with Crippen molar-refractivity contribution in [3.8, 4) is 0 Å². The van der Waals surface area contributed by atoms with Crippen molar-refractivity contribution in [2.24, 2.45) is 5.92 Å². The Hall–Kier alpha value is -3.16. The summed E-state index contributed by atoms with van der Waals surface area (Å²) in [6.07, 6.45) is -4.60. The quantitative estimate of drug-likeness (QED) is 0.806. The van der Waals surface area contributed by atoms with Gasteiger partial charge in [0.1, 0.15) is 0 Å². The molecule has 0 spiro atoms. The molecular weight excluding hydrogens is 373 g/mol. The minimum Gasteiger partial charge on any atom is -0.326 e. The average molecular weight is 390 g/mol. The molecule has 146 valence electrons. The van der Waals surface area contributed by atoms with Crippen molar-refractivity contribution in [3.05, 3.63) is 59.7 Å². The Labute approximate surface area is 159 Å². The van der Waals surface area contributed by atoms with Gasteiger partial charge in [-0.3, -0.25) is 14.4 Å². The molecule has 0 radical (unpaired) electrons. The molecule has 2 aromatic rings. The normalized spacial score (nSPS) is 16.9. The number of anilines is 2. The van der Waals surface area contributed by atoms with Crippen LogP contribution in [0.5, 0.6) is 0 Å². The topological polar surface area (TPSA) is 66.5 Å². The van der Waals surface area contributed by atoms with E-state index in [9.17, 15) is 27.6 Å². The molecule has 1 heterocycles. The minimum atomic E-state index is -4.51. The molecule has 0 saturated carbocycles. The molecule has 1 aliphatic rings. The number of amides is 2. The summed E-state index contributed by atoms with van der Waals surface area (Å²) < 4.78 is 38.7. The summed E-state index contributed by atoms with van der Waals surface area (Å²) >= 11 is 0. The average Bonchev–Trinajstić information content (AvgIpc) is 3.03. The zero-order valence-electron chi connectivity index (χ0n) is 14.9. The Bertz CT molecular complexity index is 923. The van der Waals surface area contributed by atoms with E-state index in [2.05, 4.69) is 5.32 Å². The van der Waals surface area contributed by atoms with E-state index in [0.717, 1.165) is 12.1 Å². The van der Waals surface area contributed by atoms with Crippen molar-refractivity contribution in [1.82, 2.24) is 0 Å². The second-order valence-electron chi connectivity index (χ2n) is 6.58. The second-order valence-corrected chi connectivity index (χ2v) is 6.58. The van der Waals surface area contributed by atoms with Gasteiger partial charge in [0, 0.05) is 29.9 Å². The molecule has 1 fully saturated rings. The van der Waals surface area contributed by atoms with Crippen LogP contribution in [0, 0.1) is 5.92 Å². The monoisotopic (exact) mass is 390 g/mol. The zero-order valence-corrected chi connectivity index (χ0v) is 14.9. The molecule has 8 heteroatoms. The van der Waals surface area contributed by atoms with Crippen LogP contribution in [0.15, 0.2) is 48.5 Å². The standard InChI is InChI=1S/C20H17F3N2O3/c1-12(26)13-5-7-16(8-6-13)24-19(28)14-9-18(27)25(11-14)17-4-2-3-15(10-17)20(21,22)23/h2-8,10,14H,9,11H2,1H3,(H,24,28). The Kier molecular flexibility index (Phi) is 5.22. The number of rotatable bonds is 4. The highest BCUT2D eigenvalue weighted by Gasteiger charge is 2.37. The van der Waals surface area contributed by atoms with Crippen LogP contribution in [0.2, 0.25) is 0 Å². The van der Waals surface area contributed by atoms with Crippen LogP contribution in [-0.2, 0) is 15.8 Å². The lowest BCUT2D eigenvalue weighted by Crippen LogP contribution is -2.28. The van der Waals surface area contributed by atoms with Crippen molar-refractivity contribution < 1.29 is 27.6 Å². The fourth-order valence-corrected chi connectivity index (χ4v) is 3.02. The highest BCUT2D eigenvalue weighted by atomic mass is 19.4. The number of ketones is 1. The fourth-order valence-electron chi connectivity index (χ4n) is 3.02. The predicted molar refractivity (Wildman–Crippen MR) is 97.0 cm³/mol. The number of hydrogen-bond acceptors (Lipinski definition) is 3. The highest BCUT2D eigenvalue weighted by molar-refractivity contribution is 6.03. The van der Waals surface area contributed by atoms with Gasteiger partial charge < -0.3 is 10.2 Å². The van der Waals surface area contributed by atoms with Crippen LogP contribution >= 0.6 is 0 Å². The number of carbonyl (C=O) groups is 3. The van der Waals surface area contributed by atoms with E-state index >= 15 is 0 Å². The lowest BCUT2D eigenvalue weighted by atomic mass is 10.1. The Morgan fingerprint density at radius 3 is 2.39 bits per heavy atom. The largest absolute Gasteiger partial charge is 0.416 e. The maximum absolute atomic E-state index is 12.9. The number of carbonyl (C=O) groups excluding carboxylic acids is 3. The number of hydrogen-bond donors (Lipinski definition) is 1. The van der Waals surface area contributed by atoms with Gasteiger partial charge in [0.25, 0.3) is 0 Å². The van der Waals surface area contributed by atoms with Gasteiger partial charge in [-0.05, 0) is 49.4 Å². The molecule has 1 saturated heterocycles. The third-order valence-electron chi connectivity index (χ3n) is 4.54. The summed E-state index contributed by atoms with van der Waals surface area (Å²) in [6, 6.07) is 10.8. The molecule has 2 aromatic carbocycles. The lowest BCUT2D eigenvalue weighted by Gasteiger charge is -2.18. The number of alkyl halides is 3. The van der Waals surface area contributed by atoms with Crippen LogP contribution in [0.3, 0.4) is 0 Å². The van der Waals surface area contributed by atoms with E-state index in [0.29, 0.717) is 11.3 Å². The maximum atomic E-state index is 12.9. The van der Waals surface area contributed by atoms with Crippen molar-refractivity contribution in [2.75, 3.05) is 16.8 Å². The predicted octanol–water partition coefficient (Wildman–Crippen LogP) is 3.90. The van der Waals surface area contributed by atoms with Gasteiger partial charge in [-0.2, -0.15) is 13.2 Å². The van der Waals surface area contributed by atoms with Gasteiger partial charge in [-0.1, -0.05) is 6.07 Å². The van der Waals surface area contributed by atoms with Crippen molar-refractivity contribution in [3.63, 3.8) is 0 Å². The molecular formula is C20H17F3N2O3. The molecule has 1 aliphatic heterocycles. The first kappa shape index (κ1) is 19.6. The SMILES string of the molecule is CC(=O)c1ccc(NC(=O)C2CC(=O)N(c3cccc(C(F)(F)F)c3)C2)cc1. The maximum Gasteiger partial charge on any atom is 0.416 e. The molecule has 5 nitrogen and oxygen atoms in total. The van der Waals surface area contributed by atoms with E-state index in [-0.39, 0.29) is 24.4 Å². The van der Waals surface area contributed by atoms with Crippen molar-refractivity contribution in [2.45, 2.75) is 19.5 Å². The molecule has 0 bridgehead atoms. The highest BCUT2D eigenvalue weighted by Crippen LogP contribution is 2.33. The summed E-state index contributed by atoms with van der Waals surface area (Å²) in [5.74, 6) is -1.60. The van der Waals surface area contributed by atoms with Crippen molar-refractivity contribution in [1.29, 1.82) is 0 Å². The van der Waals surface area contributed by atoms with Crippen LogP contribution in [0.4, 0.5) is 24.5 Å². The Morgan fingerprint density at radius 1 is 1.11 bits per heavy atom. The van der Waals surface area contributed by atoms with Crippen molar-refractivity contribution >= 4 is 29.0 Å². The third kappa shape index (κ3) is 4.21. The first-order chi connectivity index (χ1) is 13.1. The van der Waals surface area contributed by atoms with Gasteiger partial charge >= 0.3 is 6.18 Å². The van der Waals surface area contributed by atoms with Gasteiger partial charge in [0.05, 0.1) is 11.5 Å². The molecule has 1 unspecified atom stereocenters. The second kappa shape index (κ2) is 7.46. The van der Waals surface area contributed by atoms with Crippen LogP contribution in [0.25, 0.3) is 0 Å². The smallest absolute Gasteiger partial charge is 0.326 e. The molecule has 3 rings (SSSR count). The first-order valence-electron chi connectivity index (χ1n) is 8.54. The molecule has 2 amide bonds. The van der Waals surface area contributed by atoms with E-state index in [1.165, 1.54) is 24.0 Å². The van der Waals surface area contributed by atoms with Crippen LogP contribution in [0.1, 0.15) is 29.3 Å². The summed E-state index contributed by atoms with van der Waals surface area (Å²) in [7, 11) is 0. The van der Waals surface area contributed by atoms with Gasteiger partial charge in [-0.15, -0.1) is 0 Å². The minimum absolute atomic E-state index is 0.00247. The Balaban J connectivity index is 1.70. The van der Waals surface area contributed by atoms with E-state index in [1.807, 2.05) is 0 Å². The Morgan fingerprint density at radius 2 is 1.79 bits per heavy atom. The summed E-state index contributed by atoms with van der Waals surface area (Å²) in [5.41, 5.74) is 0.238. The summed E-state index contributed by atoms with van der Waals surface area (Å²) in [5, 5.41) is 2.67. The van der Waals surface area contributed by atoms with Gasteiger partial charge in [-0.25, -0.2) is 0 Å². The lowest BCUT2D eigenvalue weighted by molar-refractivity contribution is -0.137. The third-order valence-corrected chi connectivity index (χ3v) is 4.54. The number of nitrogens with zero attached hydrogens (tertiary/aromatic N) is 1. The molecule has 0 aromatic heterocycles. The molecule has 0 aliphatic carbocycles. The summed E-state index contributed by atoms with van der Waals surface area (Å²) in [6.45, 7) is 1.43. The van der Waals surface area contributed by atoms with Gasteiger partial charge in [0.2, 0.25) is 11.8 Å². The number of Topliss-reactive ketones (excluding diaryl/α,β-unsaturated/α-hetero) is 1. The zero-order chi connectivity index (χ0) is 20.5. The molecule has 28 heavy (non-hydrogen) atoms. The molecule has 1 N–H and O–H groups in total. The number of benzene rings is 2. The number of halogens is 3.